The number of fused-ring (bicyclic) bond motifs is 3. The molecule has 0 amide bonds. The number of aryl methyl sites for hydroxylation is 2. The van der Waals surface area contributed by atoms with Gasteiger partial charge >= 0.3 is 5.69 Å². The van der Waals surface area contributed by atoms with E-state index in [1.54, 1.807) is 7.05 Å². The number of aromatic nitrogens is 4. The van der Waals surface area contributed by atoms with Crippen LogP contribution in [0.15, 0.2) is 58.1 Å². The first-order valence-corrected chi connectivity index (χ1v) is 10.6. The summed E-state index contributed by atoms with van der Waals surface area (Å²) >= 11 is 6.36. The normalized spacial score (nSPS) is 13.6. The van der Waals surface area contributed by atoms with Crippen molar-refractivity contribution in [2.24, 2.45) is 7.05 Å². The summed E-state index contributed by atoms with van der Waals surface area (Å²) in [6.45, 7) is 3.62. The molecule has 7 nitrogen and oxygen atoms in total. The van der Waals surface area contributed by atoms with Crippen LogP contribution in [-0.2, 0) is 20.1 Å². The molecule has 0 unspecified atom stereocenters. The largest absolute Gasteiger partial charge is 0.332 e. The maximum Gasteiger partial charge on any atom is 0.332 e. The predicted molar refractivity (Wildman–Crippen MR) is 123 cm³/mol. The van der Waals surface area contributed by atoms with Crippen molar-refractivity contribution < 1.29 is 0 Å². The summed E-state index contributed by atoms with van der Waals surface area (Å²) in [5.41, 5.74) is 2.99. The lowest BCUT2D eigenvalue weighted by atomic mass is 10.1. The highest BCUT2D eigenvalue weighted by Gasteiger charge is 2.27. The van der Waals surface area contributed by atoms with Crippen LogP contribution in [0.4, 0.5) is 11.6 Å². The van der Waals surface area contributed by atoms with Gasteiger partial charge in [0.15, 0.2) is 11.2 Å². The Morgan fingerprint density at radius 2 is 1.81 bits per heavy atom. The van der Waals surface area contributed by atoms with Crippen LogP contribution in [0.2, 0.25) is 5.02 Å². The van der Waals surface area contributed by atoms with E-state index >= 15 is 0 Å². The van der Waals surface area contributed by atoms with Crippen molar-refractivity contribution in [3.05, 3.63) is 85.5 Å². The standard InChI is InChI=1S/C23H22ClN5O2/c1-15-17(24)10-6-11-18(15)27-12-7-13-28-19-20(25-22(27)28)26(2)23(31)29(21(19)30)14-16-8-4-3-5-9-16/h3-6,8-11H,7,12-14H2,1-2H3. The Labute approximate surface area is 183 Å². The zero-order valence-electron chi connectivity index (χ0n) is 17.4. The average molecular weight is 436 g/mol. The van der Waals surface area contributed by atoms with Crippen LogP contribution in [-0.4, -0.2) is 25.2 Å². The SMILES string of the molecule is Cc1c(Cl)cccc1N1CCCn2c1nc1c2c(=O)n(Cc2ccccc2)c(=O)n1C. The minimum Gasteiger partial charge on any atom is -0.312 e. The van der Waals surface area contributed by atoms with Crippen molar-refractivity contribution >= 4 is 34.4 Å². The topological polar surface area (TPSA) is 65.1 Å². The van der Waals surface area contributed by atoms with Gasteiger partial charge in [0.2, 0.25) is 5.95 Å². The molecule has 0 spiro atoms. The Hall–Kier alpha value is -3.32. The Balaban J connectivity index is 1.73. The monoisotopic (exact) mass is 435 g/mol. The summed E-state index contributed by atoms with van der Waals surface area (Å²) in [6, 6.07) is 15.3. The molecular weight excluding hydrogens is 414 g/mol. The molecule has 5 rings (SSSR count). The Morgan fingerprint density at radius 3 is 2.58 bits per heavy atom. The molecule has 0 saturated carbocycles. The highest BCUT2D eigenvalue weighted by Crippen LogP contribution is 2.35. The molecule has 1 aliphatic rings. The van der Waals surface area contributed by atoms with Gasteiger partial charge in [0, 0.05) is 30.8 Å². The van der Waals surface area contributed by atoms with E-state index in [1.165, 1.54) is 9.13 Å². The van der Waals surface area contributed by atoms with Crippen LogP contribution in [0.5, 0.6) is 0 Å². The molecule has 158 valence electrons. The molecule has 8 heteroatoms. The lowest BCUT2D eigenvalue weighted by Gasteiger charge is -2.30. The van der Waals surface area contributed by atoms with Crippen molar-refractivity contribution in [3.8, 4) is 0 Å². The number of hydrogen-bond donors (Lipinski definition) is 0. The molecule has 1 aliphatic heterocycles. The molecule has 0 atom stereocenters. The summed E-state index contributed by atoms with van der Waals surface area (Å²) in [5.74, 6) is 0.663. The van der Waals surface area contributed by atoms with Gasteiger partial charge in [0.05, 0.1) is 6.54 Å². The molecule has 2 aromatic heterocycles. The van der Waals surface area contributed by atoms with Crippen LogP contribution in [0.3, 0.4) is 0 Å². The summed E-state index contributed by atoms with van der Waals surface area (Å²) in [7, 11) is 1.67. The lowest BCUT2D eigenvalue weighted by Crippen LogP contribution is -2.40. The van der Waals surface area contributed by atoms with Gasteiger partial charge in [-0.15, -0.1) is 0 Å². The van der Waals surface area contributed by atoms with E-state index in [-0.39, 0.29) is 17.8 Å². The highest BCUT2D eigenvalue weighted by atomic mass is 35.5. The molecule has 0 fully saturated rings. The Bertz CT molecular complexity index is 1420. The number of benzene rings is 2. The molecule has 3 heterocycles. The van der Waals surface area contributed by atoms with Crippen LogP contribution in [0.1, 0.15) is 17.5 Å². The molecule has 4 aromatic rings. The van der Waals surface area contributed by atoms with E-state index in [4.69, 9.17) is 16.6 Å². The first-order valence-electron chi connectivity index (χ1n) is 10.2. The number of imidazole rings is 1. The van der Waals surface area contributed by atoms with Gasteiger partial charge in [0.25, 0.3) is 5.56 Å². The molecule has 2 aromatic carbocycles. The third-order valence-corrected chi connectivity index (χ3v) is 6.34. The van der Waals surface area contributed by atoms with Gasteiger partial charge in [-0.2, -0.15) is 4.98 Å². The van der Waals surface area contributed by atoms with Crippen molar-refractivity contribution in [1.82, 2.24) is 18.7 Å². The second-order valence-electron chi connectivity index (χ2n) is 7.84. The fourth-order valence-electron chi connectivity index (χ4n) is 4.29. The quantitative estimate of drug-likeness (QED) is 0.494. The van der Waals surface area contributed by atoms with Crippen molar-refractivity contribution in [1.29, 1.82) is 0 Å². The maximum absolute atomic E-state index is 13.5. The van der Waals surface area contributed by atoms with Crippen LogP contribution >= 0.6 is 11.6 Å². The maximum atomic E-state index is 13.5. The van der Waals surface area contributed by atoms with Gasteiger partial charge in [0.1, 0.15) is 0 Å². The number of rotatable bonds is 3. The minimum atomic E-state index is -0.373. The van der Waals surface area contributed by atoms with Gasteiger partial charge in [-0.1, -0.05) is 48.0 Å². The average Bonchev–Trinajstić information content (AvgIpc) is 3.18. The van der Waals surface area contributed by atoms with Gasteiger partial charge in [-0.05, 0) is 36.6 Å². The number of halogens is 1. The zero-order valence-corrected chi connectivity index (χ0v) is 18.1. The third kappa shape index (κ3) is 3.08. The van der Waals surface area contributed by atoms with Crippen LogP contribution in [0.25, 0.3) is 11.2 Å². The van der Waals surface area contributed by atoms with Gasteiger partial charge < -0.3 is 9.47 Å². The summed E-state index contributed by atoms with van der Waals surface area (Å²) in [5, 5.41) is 0.684. The number of anilines is 2. The Morgan fingerprint density at radius 1 is 1.03 bits per heavy atom. The molecule has 0 saturated heterocycles. The fraction of sp³-hybridized carbons (Fsp3) is 0.261. The lowest BCUT2D eigenvalue weighted by molar-refractivity contribution is 0.597. The van der Waals surface area contributed by atoms with E-state index in [1.807, 2.05) is 60.0 Å². The van der Waals surface area contributed by atoms with Crippen LogP contribution in [0, 0.1) is 6.92 Å². The van der Waals surface area contributed by atoms with Crippen LogP contribution < -0.4 is 16.1 Å². The second kappa shape index (κ2) is 7.42. The second-order valence-corrected chi connectivity index (χ2v) is 8.25. The fourth-order valence-corrected chi connectivity index (χ4v) is 4.46. The van der Waals surface area contributed by atoms with E-state index in [0.717, 1.165) is 29.8 Å². The van der Waals surface area contributed by atoms with E-state index < -0.39 is 0 Å². The first-order chi connectivity index (χ1) is 15.0. The molecule has 31 heavy (non-hydrogen) atoms. The third-order valence-electron chi connectivity index (χ3n) is 5.93. The summed E-state index contributed by atoms with van der Waals surface area (Å²) in [6.07, 6.45) is 0.853. The van der Waals surface area contributed by atoms with Crippen molar-refractivity contribution in [3.63, 3.8) is 0 Å². The summed E-state index contributed by atoms with van der Waals surface area (Å²) in [4.78, 5) is 33.3. The van der Waals surface area contributed by atoms with Crippen molar-refractivity contribution in [2.75, 3.05) is 11.4 Å². The highest BCUT2D eigenvalue weighted by molar-refractivity contribution is 6.31. The van der Waals surface area contributed by atoms with Gasteiger partial charge in [-0.3, -0.25) is 13.9 Å². The molecular formula is C23H22ClN5O2. The molecule has 0 aliphatic carbocycles. The number of hydrogen-bond acceptors (Lipinski definition) is 4. The predicted octanol–water partition coefficient (Wildman–Crippen LogP) is 3.45. The summed E-state index contributed by atoms with van der Waals surface area (Å²) < 4.78 is 4.69. The molecule has 0 N–H and O–H groups in total. The Kier molecular flexibility index (Phi) is 4.70. The smallest absolute Gasteiger partial charge is 0.312 e. The minimum absolute atomic E-state index is 0.222. The van der Waals surface area contributed by atoms with E-state index in [0.29, 0.717) is 28.7 Å². The molecule has 0 bridgehead atoms. The van der Waals surface area contributed by atoms with Gasteiger partial charge in [-0.25, -0.2) is 4.79 Å². The van der Waals surface area contributed by atoms with E-state index in [9.17, 15) is 9.59 Å². The zero-order chi connectivity index (χ0) is 21.7. The first kappa shape index (κ1) is 19.6. The van der Waals surface area contributed by atoms with E-state index in [2.05, 4.69) is 4.90 Å². The number of nitrogens with zero attached hydrogens (tertiary/aromatic N) is 5. The van der Waals surface area contributed by atoms with Crippen molar-refractivity contribution in [2.45, 2.75) is 26.4 Å². The molecule has 0 radical (unpaired) electrons.